The van der Waals surface area contributed by atoms with Crippen molar-refractivity contribution in [3.8, 4) is 0 Å². The molecule has 0 spiro atoms. The second-order valence-corrected chi connectivity index (χ2v) is 5.56. The minimum absolute atomic E-state index is 0.224. The van der Waals surface area contributed by atoms with Crippen molar-refractivity contribution in [2.24, 2.45) is 0 Å². The Hall–Kier alpha value is -1.62. The van der Waals surface area contributed by atoms with Crippen LogP contribution in [0.15, 0.2) is 33.3 Å². The fraction of sp³-hybridized carbons (Fsp3) is 0.286. The summed E-state index contributed by atoms with van der Waals surface area (Å²) in [7, 11) is 0. The molecule has 5 heteroatoms. The third-order valence-electron chi connectivity index (χ3n) is 2.73. The highest BCUT2D eigenvalue weighted by atomic mass is 79.9. The Labute approximate surface area is 120 Å². The number of anilines is 1. The molecule has 0 bridgehead atoms. The zero-order valence-corrected chi connectivity index (χ0v) is 12.6. The maximum atomic E-state index is 12.1. The van der Waals surface area contributed by atoms with Crippen LogP contribution in [0, 0.1) is 6.92 Å². The van der Waals surface area contributed by atoms with Gasteiger partial charge in [0.25, 0.3) is 5.91 Å². The Bertz CT molecular complexity index is 605. The molecular formula is C14H15BrN2O2. The number of carbonyl (C=O) groups is 1. The van der Waals surface area contributed by atoms with E-state index in [1.54, 1.807) is 12.1 Å². The van der Waals surface area contributed by atoms with Gasteiger partial charge in [-0.1, -0.05) is 25.1 Å². The Balaban J connectivity index is 2.16. The topological polar surface area (TPSA) is 55.1 Å². The van der Waals surface area contributed by atoms with Gasteiger partial charge in [0.15, 0.2) is 0 Å². The summed E-state index contributed by atoms with van der Waals surface area (Å²) >= 11 is 3.38. The Kier molecular flexibility index (Phi) is 4.04. The number of hydrogen-bond acceptors (Lipinski definition) is 3. The number of halogens is 1. The summed E-state index contributed by atoms with van der Waals surface area (Å²) in [5.41, 5.74) is 2.47. The van der Waals surface area contributed by atoms with Gasteiger partial charge in [0, 0.05) is 10.5 Å². The van der Waals surface area contributed by atoms with Gasteiger partial charge in [-0.3, -0.25) is 10.1 Å². The van der Waals surface area contributed by atoms with E-state index < -0.39 is 0 Å². The molecule has 0 atom stereocenters. The molecule has 0 fully saturated rings. The van der Waals surface area contributed by atoms with Gasteiger partial charge in [-0.05, 0) is 46.5 Å². The molecule has 0 aliphatic rings. The quantitative estimate of drug-likeness (QED) is 0.924. The molecule has 1 N–H and O–H groups in total. The van der Waals surface area contributed by atoms with Crippen molar-refractivity contribution in [3.05, 3.63) is 45.6 Å². The predicted molar refractivity (Wildman–Crippen MR) is 77.4 cm³/mol. The average molecular weight is 323 g/mol. The van der Waals surface area contributed by atoms with Gasteiger partial charge in [0.05, 0.1) is 11.3 Å². The first kappa shape index (κ1) is 13.8. The number of benzene rings is 1. The van der Waals surface area contributed by atoms with Crippen molar-refractivity contribution in [1.82, 2.24) is 5.16 Å². The van der Waals surface area contributed by atoms with Gasteiger partial charge >= 0.3 is 0 Å². The first-order chi connectivity index (χ1) is 8.97. The molecule has 0 aliphatic carbocycles. The van der Waals surface area contributed by atoms with E-state index in [1.807, 2.05) is 32.9 Å². The number of nitrogens with zero attached hydrogens (tertiary/aromatic N) is 1. The van der Waals surface area contributed by atoms with E-state index in [2.05, 4.69) is 26.4 Å². The third kappa shape index (κ3) is 3.23. The summed E-state index contributed by atoms with van der Waals surface area (Å²) in [6.45, 7) is 6.00. The number of carbonyl (C=O) groups excluding carboxylic acids is 1. The van der Waals surface area contributed by atoms with Crippen LogP contribution in [-0.4, -0.2) is 11.1 Å². The highest BCUT2D eigenvalue weighted by Gasteiger charge is 2.14. The summed E-state index contributed by atoms with van der Waals surface area (Å²) in [6, 6.07) is 7.30. The molecule has 2 aromatic rings. The molecule has 4 nitrogen and oxygen atoms in total. The molecule has 0 aliphatic heterocycles. The molecule has 0 saturated carbocycles. The van der Waals surface area contributed by atoms with Crippen molar-refractivity contribution in [3.63, 3.8) is 0 Å². The number of rotatable bonds is 3. The highest BCUT2D eigenvalue weighted by Crippen LogP contribution is 2.21. The average Bonchev–Trinajstić information content (AvgIpc) is 2.77. The standard InChI is InChI=1S/C14H15BrN2O2/c1-8(2)12-7-13(19-17-12)16-14(18)10-5-4-9(3)6-11(10)15/h4-8H,1-3H3,(H,16,18). The first-order valence-corrected chi connectivity index (χ1v) is 6.81. The van der Waals surface area contributed by atoms with Crippen LogP contribution in [-0.2, 0) is 0 Å². The maximum Gasteiger partial charge on any atom is 0.259 e. The number of nitrogens with one attached hydrogen (secondary N) is 1. The SMILES string of the molecule is Cc1ccc(C(=O)Nc2cc(C(C)C)no2)c(Br)c1. The number of aromatic nitrogens is 1. The molecular weight excluding hydrogens is 308 g/mol. The Morgan fingerprint density at radius 3 is 2.68 bits per heavy atom. The van der Waals surface area contributed by atoms with Crippen molar-refractivity contribution >= 4 is 27.7 Å². The van der Waals surface area contributed by atoms with Crippen LogP contribution in [0.2, 0.25) is 0 Å². The molecule has 0 radical (unpaired) electrons. The maximum absolute atomic E-state index is 12.1. The second-order valence-electron chi connectivity index (χ2n) is 4.71. The summed E-state index contributed by atoms with van der Waals surface area (Å²) in [4.78, 5) is 12.1. The van der Waals surface area contributed by atoms with Gasteiger partial charge in [-0.2, -0.15) is 0 Å². The van der Waals surface area contributed by atoms with Crippen molar-refractivity contribution in [1.29, 1.82) is 0 Å². The van der Waals surface area contributed by atoms with Crippen LogP contribution < -0.4 is 5.32 Å². The van der Waals surface area contributed by atoms with Gasteiger partial charge in [0.2, 0.25) is 5.88 Å². The molecule has 1 aromatic carbocycles. The van der Waals surface area contributed by atoms with E-state index in [4.69, 9.17) is 4.52 Å². The van der Waals surface area contributed by atoms with Crippen LogP contribution in [0.5, 0.6) is 0 Å². The first-order valence-electron chi connectivity index (χ1n) is 6.01. The third-order valence-corrected chi connectivity index (χ3v) is 3.38. The highest BCUT2D eigenvalue weighted by molar-refractivity contribution is 9.10. The van der Waals surface area contributed by atoms with Crippen LogP contribution >= 0.6 is 15.9 Å². The number of amides is 1. The molecule has 2 rings (SSSR count). The molecule has 19 heavy (non-hydrogen) atoms. The molecule has 1 amide bonds. The van der Waals surface area contributed by atoms with E-state index >= 15 is 0 Å². The van der Waals surface area contributed by atoms with E-state index in [0.717, 1.165) is 15.7 Å². The fourth-order valence-corrected chi connectivity index (χ4v) is 2.28. The Morgan fingerprint density at radius 2 is 2.11 bits per heavy atom. The summed E-state index contributed by atoms with van der Waals surface area (Å²) in [5.74, 6) is 0.403. The van der Waals surface area contributed by atoms with Crippen molar-refractivity contribution < 1.29 is 9.32 Å². The van der Waals surface area contributed by atoms with Crippen LogP contribution in [0.3, 0.4) is 0 Å². The van der Waals surface area contributed by atoms with Crippen LogP contribution in [0.25, 0.3) is 0 Å². The van der Waals surface area contributed by atoms with Gasteiger partial charge in [-0.25, -0.2) is 0 Å². The summed E-state index contributed by atoms with van der Waals surface area (Å²) in [5, 5.41) is 6.59. The van der Waals surface area contributed by atoms with Crippen LogP contribution in [0.1, 0.15) is 41.4 Å². The lowest BCUT2D eigenvalue weighted by molar-refractivity contribution is 0.102. The van der Waals surface area contributed by atoms with E-state index in [1.165, 1.54) is 0 Å². The smallest absolute Gasteiger partial charge is 0.259 e. The minimum atomic E-state index is -0.224. The number of aryl methyl sites for hydroxylation is 1. The van der Waals surface area contributed by atoms with E-state index in [0.29, 0.717) is 11.4 Å². The molecule has 1 heterocycles. The summed E-state index contributed by atoms with van der Waals surface area (Å²) in [6.07, 6.45) is 0. The van der Waals surface area contributed by atoms with E-state index in [-0.39, 0.29) is 11.8 Å². The molecule has 1 aromatic heterocycles. The Morgan fingerprint density at radius 1 is 1.37 bits per heavy atom. The molecule has 0 unspecified atom stereocenters. The van der Waals surface area contributed by atoms with E-state index in [9.17, 15) is 4.79 Å². The second kappa shape index (κ2) is 5.57. The predicted octanol–water partition coefficient (Wildman–Crippen LogP) is 4.12. The molecule has 100 valence electrons. The van der Waals surface area contributed by atoms with Crippen molar-refractivity contribution in [2.45, 2.75) is 26.7 Å². The number of hydrogen-bond donors (Lipinski definition) is 1. The summed E-state index contributed by atoms with van der Waals surface area (Å²) < 4.78 is 5.84. The van der Waals surface area contributed by atoms with Gasteiger partial charge in [0.1, 0.15) is 0 Å². The van der Waals surface area contributed by atoms with Gasteiger partial charge in [-0.15, -0.1) is 0 Å². The largest absolute Gasteiger partial charge is 0.338 e. The lowest BCUT2D eigenvalue weighted by atomic mass is 10.1. The zero-order chi connectivity index (χ0) is 14.0. The monoisotopic (exact) mass is 322 g/mol. The van der Waals surface area contributed by atoms with Crippen molar-refractivity contribution in [2.75, 3.05) is 5.32 Å². The molecule has 0 saturated heterocycles. The lowest BCUT2D eigenvalue weighted by Gasteiger charge is -2.04. The lowest BCUT2D eigenvalue weighted by Crippen LogP contribution is -2.12. The van der Waals surface area contributed by atoms with Gasteiger partial charge < -0.3 is 4.52 Å². The van der Waals surface area contributed by atoms with Crippen LogP contribution in [0.4, 0.5) is 5.88 Å². The zero-order valence-electron chi connectivity index (χ0n) is 11.0. The minimum Gasteiger partial charge on any atom is -0.338 e. The normalized spacial score (nSPS) is 10.8. The fourth-order valence-electron chi connectivity index (χ4n) is 1.60.